The van der Waals surface area contributed by atoms with Gasteiger partial charge in [-0.1, -0.05) is 29.8 Å². The summed E-state index contributed by atoms with van der Waals surface area (Å²) in [5.74, 6) is 2.43. The van der Waals surface area contributed by atoms with Crippen molar-refractivity contribution in [1.82, 2.24) is 14.9 Å². The molecular weight excluding hydrogens is 426 g/mol. The highest BCUT2D eigenvalue weighted by molar-refractivity contribution is 5.95. The first-order valence-corrected chi connectivity index (χ1v) is 11.6. The Morgan fingerprint density at radius 1 is 0.971 bits per heavy atom. The molecule has 0 atom stereocenters. The number of amides is 1. The number of aryl methyl sites for hydroxylation is 3. The number of fused-ring (bicyclic) bond motifs is 1. The van der Waals surface area contributed by atoms with Crippen LogP contribution in [0.5, 0.6) is 11.5 Å². The third kappa shape index (κ3) is 5.57. The van der Waals surface area contributed by atoms with Crippen LogP contribution in [0.1, 0.15) is 40.2 Å². The number of methoxy groups -OCH3 is 1. The van der Waals surface area contributed by atoms with Crippen molar-refractivity contribution in [2.24, 2.45) is 0 Å². The number of imidazole rings is 1. The van der Waals surface area contributed by atoms with Crippen molar-refractivity contribution < 1.29 is 14.3 Å². The Bertz CT molecular complexity index is 1260. The Hall–Kier alpha value is -3.80. The lowest BCUT2D eigenvalue weighted by atomic mass is 10.1. The van der Waals surface area contributed by atoms with Crippen LogP contribution in [0, 0.1) is 13.8 Å². The fourth-order valence-corrected chi connectivity index (χ4v) is 4.07. The molecule has 0 aliphatic rings. The Balaban J connectivity index is 1.37. The van der Waals surface area contributed by atoms with Crippen LogP contribution >= 0.6 is 0 Å². The van der Waals surface area contributed by atoms with Crippen molar-refractivity contribution in [3.8, 4) is 11.5 Å². The molecule has 3 aromatic carbocycles. The lowest BCUT2D eigenvalue weighted by Crippen LogP contribution is -2.25. The summed E-state index contributed by atoms with van der Waals surface area (Å²) in [5.41, 5.74) is 4.83. The van der Waals surface area contributed by atoms with Gasteiger partial charge >= 0.3 is 0 Å². The van der Waals surface area contributed by atoms with Gasteiger partial charge in [-0.3, -0.25) is 4.79 Å². The lowest BCUT2D eigenvalue weighted by molar-refractivity contribution is 0.0949. The summed E-state index contributed by atoms with van der Waals surface area (Å²) in [4.78, 5) is 17.6. The molecule has 6 nitrogen and oxygen atoms in total. The average Bonchev–Trinajstić information content (AvgIpc) is 3.20. The van der Waals surface area contributed by atoms with Gasteiger partial charge in [0.25, 0.3) is 5.91 Å². The van der Waals surface area contributed by atoms with Crippen molar-refractivity contribution in [3.05, 3.63) is 89.2 Å². The van der Waals surface area contributed by atoms with Crippen LogP contribution < -0.4 is 14.8 Å². The molecule has 0 unspecified atom stereocenters. The molecule has 0 fully saturated rings. The standard InChI is InChI=1S/C28H31N3O3/c1-20-10-15-24(21(2)18-20)28(32)29-19-27-30-25-8-4-5-9-26(25)31(27)16-6-7-17-34-23-13-11-22(33-3)12-14-23/h4-5,8-15,18H,6-7,16-17,19H2,1-3H3,(H,29,32). The zero-order chi connectivity index (χ0) is 23.9. The molecule has 176 valence electrons. The number of para-hydroxylation sites is 2. The van der Waals surface area contributed by atoms with E-state index in [0.29, 0.717) is 18.7 Å². The molecule has 0 radical (unpaired) electrons. The minimum atomic E-state index is -0.0796. The fraction of sp³-hybridized carbons (Fsp3) is 0.286. The van der Waals surface area contributed by atoms with Crippen LogP contribution in [0.4, 0.5) is 0 Å². The zero-order valence-corrected chi connectivity index (χ0v) is 20.0. The van der Waals surface area contributed by atoms with E-state index >= 15 is 0 Å². The van der Waals surface area contributed by atoms with Crippen molar-refractivity contribution in [2.75, 3.05) is 13.7 Å². The van der Waals surface area contributed by atoms with Gasteiger partial charge in [0.2, 0.25) is 0 Å². The van der Waals surface area contributed by atoms with Gasteiger partial charge in [0.15, 0.2) is 0 Å². The number of rotatable bonds is 10. The van der Waals surface area contributed by atoms with E-state index in [2.05, 4.69) is 16.0 Å². The van der Waals surface area contributed by atoms with Crippen molar-refractivity contribution in [3.63, 3.8) is 0 Å². The topological polar surface area (TPSA) is 65.4 Å². The van der Waals surface area contributed by atoms with Crippen LogP contribution in [0.3, 0.4) is 0 Å². The van der Waals surface area contributed by atoms with Crippen molar-refractivity contribution in [2.45, 2.75) is 39.8 Å². The molecule has 4 aromatic rings. The second-order valence-corrected chi connectivity index (χ2v) is 8.40. The maximum Gasteiger partial charge on any atom is 0.251 e. The maximum atomic E-state index is 12.8. The molecular formula is C28H31N3O3. The van der Waals surface area contributed by atoms with Crippen LogP contribution in [-0.4, -0.2) is 29.2 Å². The summed E-state index contributed by atoms with van der Waals surface area (Å²) >= 11 is 0. The van der Waals surface area contributed by atoms with Crippen molar-refractivity contribution in [1.29, 1.82) is 0 Å². The van der Waals surface area contributed by atoms with E-state index in [1.54, 1.807) is 7.11 Å². The summed E-state index contributed by atoms with van der Waals surface area (Å²) in [6.45, 7) is 5.81. The normalized spacial score (nSPS) is 10.9. The molecule has 0 bridgehead atoms. The van der Waals surface area contributed by atoms with Gasteiger partial charge in [0.1, 0.15) is 17.3 Å². The Labute approximate surface area is 200 Å². The number of ether oxygens (including phenoxy) is 2. The molecule has 6 heteroatoms. The van der Waals surface area contributed by atoms with Gasteiger partial charge in [-0.05, 0) is 74.7 Å². The van der Waals surface area contributed by atoms with E-state index in [-0.39, 0.29) is 5.91 Å². The molecule has 0 spiro atoms. The van der Waals surface area contributed by atoms with Crippen LogP contribution in [-0.2, 0) is 13.1 Å². The summed E-state index contributed by atoms with van der Waals surface area (Å²) < 4.78 is 13.2. The number of hydrogen-bond acceptors (Lipinski definition) is 4. The number of benzene rings is 3. The minimum absolute atomic E-state index is 0.0796. The number of unbranched alkanes of at least 4 members (excludes halogenated alkanes) is 1. The molecule has 0 saturated heterocycles. The third-order valence-corrected chi connectivity index (χ3v) is 5.87. The van der Waals surface area contributed by atoms with Gasteiger partial charge in [-0.25, -0.2) is 4.98 Å². The van der Waals surface area contributed by atoms with E-state index in [9.17, 15) is 4.79 Å². The van der Waals surface area contributed by atoms with E-state index in [1.165, 1.54) is 0 Å². The van der Waals surface area contributed by atoms with E-state index in [0.717, 1.165) is 58.9 Å². The smallest absolute Gasteiger partial charge is 0.251 e. The molecule has 1 amide bonds. The number of carbonyl (C=O) groups is 1. The molecule has 4 rings (SSSR count). The third-order valence-electron chi connectivity index (χ3n) is 5.87. The minimum Gasteiger partial charge on any atom is -0.497 e. The number of carbonyl (C=O) groups excluding carboxylic acids is 1. The second-order valence-electron chi connectivity index (χ2n) is 8.40. The number of hydrogen-bond donors (Lipinski definition) is 1. The predicted molar refractivity (Wildman–Crippen MR) is 135 cm³/mol. The Morgan fingerprint density at radius 3 is 2.50 bits per heavy atom. The molecule has 1 heterocycles. The molecule has 1 N–H and O–H groups in total. The summed E-state index contributed by atoms with van der Waals surface area (Å²) in [6.07, 6.45) is 1.85. The van der Waals surface area contributed by atoms with Gasteiger partial charge in [-0.15, -0.1) is 0 Å². The average molecular weight is 458 g/mol. The van der Waals surface area contributed by atoms with E-state index in [4.69, 9.17) is 14.5 Å². The Kier molecular flexibility index (Phi) is 7.48. The van der Waals surface area contributed by atoms with Crippen LogP contribution in [0.15, 0.2) is 66.7 Å². The fourth-order valence-electron chi connectivity index (χ4n) is 4.07. The molecule has 1 aromatic heterocycles. The summed E-state index contributed by atoms with van der Waals surface area (Å²) in [5, 5.41) is 3.05. The first-order valence-electron chi connectivity index (χ1n) is 11.6. The van der Waals surface area contributed by atoms with E-state index < -0.39 is 0 Å². The largest absolute Gasteiger partial charge is 0.497 e. The summed E-state index contributed by atoms with van der Waals surface area (Å²) in [6, 6.07) is 21.6. The van der Waals surface area contributed by atoms with Gasteiger partial charge < -0.3 is 19.4 Å². The van der Waals surface area contributed by atoms with Gasteiger partial charge in [-0.2, -0.15) is 0 Å². The number of nitrogens with zero attached hydrogens (tertiary/aromatic N) is 2. The maximum absolute atomic E-state index is 12.8. The first-order chi connectivity index (χ1) is 16.5. The van der Waals surface area contributed by atoms with Crippen LogP contribution in [0.2, 0.25) is 0 Å². The highest BCUT2D eigenvalue weighted by atomic mass is 16.5. The monoisotopic (exact) mass is 457 g/mol. The lowest BCUT2D eigenvalue weighted by Gasteiger charge is -2.12. The Morgan fingerprint density at radius 2 is 1.74 bits per heavy atom. The molecule has 34 heavy (non-hydrogen) atoms. The molecule has 0 saturated carbocycles. The van der Waals surface area contributed by atoms with Gasteiger partial charge in [0, 0.05) is 12.1 Å². The zero-order valence-electron chi connectivity index (χ0n) is 20.0. The second kappa shape index (κ2) is 10.9. The van der Waals surface area contributed by atoms with Crippen LogP contribution in [0.25, 0.3) is 11.0 Å². The van der Waals surface area contributed by atoms with Crippen molar-refractivity contribution >= 4 is 16.9 Å². The van der Waals surface area contributed by atoms with Gasteiger partial charge in [0.05, 0.1) is 31.3 Å². The quantitative estimate of drug-likeness (QED) is 0.322. The molecule has 0 aliphatic heterocycles. The number of nitrogens with one attached hydrogen (secondary N) is 1. The highest BCUT2D eigenvalue weighted by Gasteiger charge is 2.13. The number of aromatic nitrogens is 2. The highest BCUT2D eigenvalue weighted by Crippen LogP contribution is 2.19. The first kappa shape index (κ1) is 23.4. The summed E-state index contributed by atoms with van der Waals surface area (Å²) in [7, 11) is 1.65. The predicted octanol–water partition coefficient (Wildman–Crippen LogP) is 5.45. The van der Waals surface area contributed by atoms with E-state index in [1.807, 2.05) is 74.5 Å². The SMILES string of the molecule is COc1ccc(OCCCCn2c(CNC(=O)c3ccc(C)cc3C)nc3ccccc32)cc1. The molecule has 0 aliphatic carbocycles.